The van der Waals surface area contributed by atoms with E-state index in [0.29, 0.717) is 4.34 Å². The summed E-state index contributed by atoms with van der Waals surface area (Å²) in [5.74, 6) is 0. The van der Waals surface area contributed by atoms with Crippen LogP contribution in [0.15, 0.2) is 30.3 Å². The van der Waals surface area contributed by atoms with Crippen molar-refractivity contribution in [3.05, 3.63) is 55.7 Å². The number of benzene rings is 1. The van der Waals surface area contributed by atoms with Gasteiger partial charge < -0.3 is 10.4 Å². The summed E-state index contributed by atoms with van der Waals surface area (Å²) in [6.45, 7) is 2.89. The standard InChI is InChI=1S/C14H15Cl2NOS/c1-9(12-6-13(15)19-14(12)16)17-7-10-2-4-11(8-18)5-3-10/h2-6,9,17-18H,7-8H2,1H3. The summed E-state index contributed by atoms with van der Waals surface area (Å²) in [6, 6.07) is 9.92. The van der Waals surface area contributed by atoms with Crippen molar-refractivity contribution in [2.45, 2.75) is 26.1 Å². The van der Waals surface area contributed by atoms with E-state index in [-0.39, 0.29) is 12.6 Å². The minimum absolute atomic E-state index is 0.0765. The lowest BCUT2D eigenvalue weighted by molar-refractivity contribution is 0.282. The van der Waals surface area contributed by atoms with Crippen LogP contribution in [0.1, 0.15) is 29.7 Å². The number of hydrogen-bond acceptors (Lipinski definition) is 3. The summed E-state index contributed by atoms with van der Waals surface area (Å²) in [6.07, 6.45) is 0. The normalized spacial score (nSPS) is 12.6. The molecule has 0 spiro atoms. The zero-order chi connectivity index (χ0) is 13.8. The fraction of sp³-hybridized carbons (Fsp3) is 0.286. The van der Waals surface area contributed by atoms with E-state index in [9.17, 15) is 0 Å². The maximum absolute atomic E-state index is 8.99. The Kier molecular flexibility index (Phi) is 5.25. The summed E-state index contributed by atoms with van der Waals surface area (Å²) >= 11 is 13.5. The molecule has 0 saturated carbocycles. The Morgan fingerprint density at radius 3 is 2.37 bits per heavy atom. The molecule has 2 N–H and O–H groups in total. The van der Waals surface area contributed by atoms with Gasteiger partial charge >= 0.3 is 0 Å². The van der Waals surface area contributed by atoms with E-state index in [2.05, 4.69) is 12.2 Å². The van der Waals surface area contributed by atoms with Crippen LogP contribution in [-0.4, -0.2) is 5.11 Å². The minimum atomic E-state index is 0.0765. The molecule has 2 nitrogen and oxygen atoms in total. The first-order chi connectivity index (χ1) is 9.10. The lowest BCUT2D eigenvalue weighted by atomic mass is 10.1. The van der Waals surface area contributed by atoms with Gasteiger partial charge in [-0.05, 0) is 29.7 Å². The molecule has 2 aromatic rings. The molecular weight excluding hydrogens is 301 g/mol. The largest absolute Gasteiger partial charge is 0.392 e. The molecule has 0 aliphatic carbocycles. The van der Waals surface area contributed by atoms with Crippen LogP contribution < -0.4 is 5.32 Å². The highest BCUT2D eigenvalue weighted by molar-refractivity contribution is 7.20. The predicted molar refractivity (Wildman–Crippen MR) is 82.0 cm³/mol. The van der Waals surface area contributed by atoms with Crippen LogP contribution in [0.25, 0.3) is 0 Å². The number of aliphatic hydroxyl groups is 1. The Balaban J connectivity index is 1.96. The Hall–Kier alpha value is -0.580. The molecule has 0 saturated heterocycles. The molecule has 1 atom stereocenters. The molecule has 0 amide bonds. The van der Waals surface area contributed by atoms with Crippen molar-refractivity contribution in [2.24, 2.45) is 0 Å². The van der Waals surface area contributed by atoms with Gasteiger partial charge in [0.05, 0.1) is 15.3 Å². The van der Waals surface area contributed by atoms with Crippen molar-refractivity contribution < 1.29 is 5.11 Å². The van der Waals surface area contributed by atoms with E-state index in [0.717, 1.165) is 22.0 Å². The van der Waals surface area contributed by atoms with Crippen molar-refractivity contribution in [1.29, 1.82) is 0 Å². The van der Waals surface area contributed by atoms with Gasteiger partial charge in [0.25, 0.3) is 0 Å². The van der Waals surface area contributed by atoms with Crippen molar-refractivity contribution >= 4 is 34.5 Å². The third kappa shape index (κ3) is 3.94. The number of hydrogen-bond donors (Lipinski definition) is 2. The average molecular weight is 316 g/mol. The van der Waals surface area contributed by atoms with Gasteiger partial charge in [0.1, 0.15) is 0 Å². The fourth-order valence-electron chi connectivity index (χ4n) is 1.79. The molecule has 102 valence electrons. The number of halogens is 2. The van der Waals surface area contributed by atoms with Crippen molar-refractivity contribution in [3.8, 4) is 0 Å². The van der Waals surface area contributed by atoms with Gasteiger partial charge in [-0.3, -0.25) is 0 Å². The predicted octanol–water partition coefficient (Wildman–Crippen LogP) is 4.40. The van der Waals surface area contributed by atoms with Gasteiger partial charge in [0.2, 0.25) is 0 Å². The second kappa shape index (κ2) is 6.73. The zero-order valence-corrected chi connectivity index (χ0v) is 12.8. The van der Waals surface area contributed by atoms with Crippen LogP contribution in [0.2, 0.25) is 8.67 Å². The molecule has 1 aromatic heterocycles. The molecule has 0 fully saturated rings. The molecule has 5 heteroatoms. The molecular formula is C14H15Cl2NOS. The van der Waals surface area contributed by atoms with Gasteiger partial charge in [0.15, 0.2) is 0 Å². The van der Waals surface area contributed by atoms with Gasteiger partial charge in [-0.2, -0.15) is 0 Å². The highest BCUT2D eigenvalue weighted by atomic mass is 35.5. The van der Waals surface area contributed by atoms with E-state index < -0.39 is 0 Å². The van der Waals surface area contributed by atoms with Crippen molar-refractivity contribution in [3.63, 3.8) is 0 Å². The Morgan fingerprint density at radius 2 is 1.84 bits per heavy atom. The van der Waals surface area contributed by atoms with Crippen LogP contribution >= 0.6 is 34.5 Å². The first-order valence-electron chi connectivity index (χ1n) is 5.97. The maximum Gasteiger partial charge on any atom is 0.0991 e. The topological polar surface area (TPSA) is 32.3 Å². The van der Waals surface area contributed by atoms with Crippen LogP contribution in [0.3, 0.4) is 0 Å². The molecule has 2 rings (SSSR count). The summed E-state index contributed by atoms with van der Waals surface area (Å²) < 4.78 is 1.45. The maximum atomic E-state index is 8.99. The Labute approximate surface area is 127 Å². The average Bonchev–Trinajstić information content (AvgIpc) is 2.75. The number of nitrogens with one attached hydrogen (secondary N) is 1. The monoisotopic (exact) mass is 315 g/mol. The fourth-order valence-corrected chi connectivity index (χ4v) is 3.44. The van der Waals surface area contributed by atoms with E-state index in [4.69, 9.17) is 28.3 Å². The zero-order valence-electron chi connectivity index (χ0n) is 10.5. The second-order valence-corrected chi connectivity index (χ2v) is 6.64. The smallest absolute Gasteiger partial charge is 0.0991 e. The van der Waals surface area contributed by atoms with Crippen LogP contribution in [0.5, 0.6) is 0 Å². The summed E-state index contributed by atoms with van der Waals surface area (Å²) in [5, 5.41) is 12.4. The van der Waals surface area contributed by atoms with Crippen LogP contribution in [0, 0.1) is 0 Å². The van der Waals surface area contributed by atoms with E-state index >= 15 is 0 Å². The quantitative estimate of drug-likeness (QED) is 0.857. The number of thiophene rings is 1. The number of rotatable bonds is 5. The SMILES string of the molecule is CC(NCc1ccc(CO)cc1)c1cc(Cl)sc1Cl. The molecule has 1 heterocycles. The lowest BCUT2D eigenvalue weighted by Gasteiger charge is -2.13. The Bertz CT molecular complexity index is 539. The summed E-state index contributed by atoms with van der Waals surface area (Å²) in [4.78, 5) is 0. The van der Waals surface area contributed by atoms with Gasteiger partial charge in [-0.1, -0.05) is 47.5 Å². The van der Waals surface area contributed by atoms with Crippen molar-refractivity contribution in [2.75, 3.05) is 0 Å². The molecule has 0 bridgehead atoms. The molecule has 19 heavy (non-hydrogen) atoms. The molecule has 1 aromatic carbocycles. The van der Waals surface area contributed by atoms with Gasteiger partial charge in [-0.25, -0.2) is 0 Å². The highest BCUT2D eigenvalue weighted by Gasteiger charge is 2.12. The van der Waals surface area contributed by atoms with Gasteiger partial charge in [0, 0.05) is 12.6 Å². The van der Waals surface area contributed by atoms with E-state index in [1.807, 2.05) is 30.3 Å². The molecule has 1 unspecified atom stereocenters. The minimum Gasteiger partial charge on any atom is -0.392 e. The van der Waals surface area contributed by atoms with Crippen molar-refractivity contribution in [1.82, 2.24) is 5.32 Å². The lowest BCUT2D eigenvalue weighted by Crippen LogP contribution is -2.17. The third-order valence-electron chi connectivity index (χ3n) is 2.97. The van der Waals surface area contributed by atoms with E-state index in [1.165, 1.54) is 16.9 Å². The number of aliphatic hydroxyl groups excluding tert-OH is 1. The first kappa shape index (κ1) is 14.8. The van der Waals surface area contributed by atoms with Crippen LogP contribution in [-0.2, 0) is 13.2 Å². The first-order valence-corrected chi connectivity index (χ1v) is 7.54. The molecule has 0 radical (unpaired) electrons. The summed E-state index contributed by atoms with van der Waals surface area (Å²) in [5.41, 5.74) is 3.12. The molecule has 0 aliphatic rings. The highest BCUT2D eigenvalue weighted by Crippen LogP contribution is 2.34. The molecule has 0 aliphatic heterocycles. The third-order valence-corrected chi connectivity index (χ3v) is 4.49. The van der Waals surface area contributed by atoms with E-state index in [1.54, 1.807) is 0 Å². The Morgan fingerprint density at radius 1 is 1.21 bits per heavy atom. The summed E-state index contributed by atoms with van der Waals surface area (Å²) in [7, 11) is 0. The van der Waals surface area contributed by atoms with Gasteiger partial charge in [-0.15, -0.1) is 11.3 Å². The van der Waals surface area contributed by atoms with Crippen LogP contribution in [0.4, 0.5) is 0 Å². The second-order valence-electron chi connectivity index (χ2n) is 4.36.